The fourth-order valence-electron chi connectivity index (χ4n) is 1.76. The smallest absolute Gasteiger partial charge is 0.0248 e. The number of hydrogen-bond acceptors (Lipinski definition) is 2. The molecule has 0 aromatic carbocycles. The highest BCUT2D eigenvalue weighted by Gasteiger charge is 2.43. The molecule has 3 atom stereocenters. The van der Waals surface area contributed by atoms with E-state index in [9.17, 15) is 0 Å². The maximum atomic E-state index is 2.44. The molecule has 0 saturated carbocycles. The topological polar surface area (TPSA) is 0 Å². The van der Waals surface area contributed by atoms with Gasteiger partial charge in [-0.05, 0) is 25.7 Å². The van der Waals surface area contributed by atoms with E-state index >= 15 is 0 Å². The molecular weight excluding hydrogens is 196 g/mol. The molecule has 0 aromatic heterocycles. The molecule has 3 unspecified atom stereocenters. The van der Waals surface area contributed by atoms with Gasteiger partial charge in [-0.15, -0.1) is 0 Å². The molecule has 2 saturated heterocycles. The second-order valence-corrected chi connectivity index (χ2v) is 7.59. The minimum atomic E-state index is 0.675. The van der Waals surface area contributed by atoms with Gasteiger partial charge in [0.05, 0.1) is 0 Å². The van der Waals surface area contributed by atoms with Crippen LogP contribution in [0.3, 0.4) is 0 Å². The molecule has 2 heterocycles. The van der Waals surface area contributed by atoms with Crippen LogP contribution in [0.1, 0.15) is 39.5 Å². The fourth-order valence-corrected chi connectivity index (χ4v) is 3.31. The number of unbranched alkanes of at least 4 members (excludes halogenated alkanes) is 1. The third kappa shape index (κ3) is 3.09. The Hall–Kier alpha value is 0.700. The molecule has 0 aliphatic carbocycles. The maximum Gasteiger partial charge on any atom is 0.0248 e. The van der Waals surface area contributed by atoms with E-state index in [0.717, 1.165) is 11.2 Å². The Balaban J connectivity index is 1.51. The van der Waals surface area contributed by atoms with Crippen molar-refractivity contribution in [3.8, 4) is 0 Å². The van der Waals surface area contributed by atoms with Gasteiger partial charge in [-0.25, -0.2) is 0 Å². The Bertz CT molecular complexity index is 171. The largest absolute Gasteiger partial charge is 0.157 e. The molecule has 13 heavy (non-hydrogen) atoms. The normalized spacial score (nSPS) is 38.8. The number of hydrogen-bond donors (Lipinski definition) is 0. The lowest BCUT2D eigenvalue weighted by Gasteiger charge is -2.16. The van der Waals surface area contributed by atoms with E-state index in [2.05, 4.69) is 37.4 Å². The summed E-state index contributed by atoms with van der Waals surface area (Å²) in [6.45, 7) is 4.87. The van der Waals surface area contributed by atoms with Gasteiger partial charge in [0.25, 0.3) is 0 Å². The van der Waals surface area contributed by atoms with E-state index in [1.54, 1.807) is 0 Å². The van der Waals surface area contributed by atoms with Gasteiger partial charge in [0.15, 0.2) is 0 Å². The summed E-state index contributed by atoms with van der Waals surface area (Å²) >= 11 is 4.29. The summed E-state index contributed by atoms with van der Waals surface area (Å²) in [5, 5.41) is 1.06. The van der Waals surface area contributed by atoms with Crippen LogP contribution in [0.4, 0.5) is 0 Å². The lowest BCUT2D eigenvalue weighted by atomic mass is 9.92. The molecule has 0 radical (unpaired) electrons. The Kier molecular flexibility index (Phi) is 3.19. The van der Waals surface area contributed by atoms with Crippen LogP contribution in [0.5, 0.6) is 0 Å². The van der Waals surface area contributed by atoms with Crippen molar-refractivity contribution >= 4 is 23.5 Å². The summed E-state index contributed by atoms with van der Waals surface area (Å²) in [7, 11) is 0. The zero-order valence-corrected chi connectivity index (χ0v) is 10.3. The summed E-state index contributed by atoms with van der Waals surface area (Å²) in [5.74, 6) is 3.81. The minimum absolute atomic E-state index is 0.675. The Labute approximate surface area is 90.6 Å². The monoisotopic (exact) mass is 216 g/mol. The minimum Gasteiger partial charge on any atom is -0.157 e. The fraction of sp³-hybridized carbons (Fsp3) is 1.00. The van der Waals surface area contributed by atoms with Crippen LogP contribution in [0, 0.1) is 5.92 Å². The van der Waals surface area contributed by atoms with E-state index < -0.39 is 0 Å². The van der Waals surface area contributed by atoms with E-state index in [-0.39, 0.29) is 0 Å². The van der Waals surface area contributed by atoms with Gasteiger partial charge in [0.2, 0.25) is 0 Å². The van der Waals surface area contributed by atoms with E-state index in [1.807, 2.05) is 0 Å². The number of thioether (sulfide) groups is 2. The van der Waals surface area contributed by atoms with Crippen molar-refractivity contribution in [1.82, 2.24) is 0 Å². The maximum absolute atomic E-state index is 2.44. The van der Waals surface area contributed by atoms with E-state index in [4.69, 9.17) is 0 Å². The van der Waals surface area contributed by atoms with Gasteiger partial charge < -0.3 is 0 Å². The second kappa shape index (κ2) is 4.06. The molecule has 2 heteroatoms. The number of rotatable bonds is 6. The zero-order valence-electron chi connectivity index (χ0n) is 8.71. The van der Waals surface area contributed by atoms with Crippen LogP contribution in [-0.2, 0) is 0 Å². The molecule has 0 spiro atoms. The Morgan fingerprint density at radius 3 is 2.69 bits per heavy atom. The predicted octanol–water partition coefficient (Wildman–Crippen LogP) is 3.80. The average Bonchev–Trinajstić information content (AvgIpc) is 2.95. The first kappa shape index (κ1) is 10.2. The second-order valence-electron chi connectivity index (χ2n) is 4.74. The van der Waals surface area contributed by atoms with Crippen molar-refractivity contribution in [3.05, 3.63) is 0 Å². The molecule has 2 rings (SSSR count). The van der Waals surface area contributed by atoms with Gasteiger partial charge in [-0.3, -0.25) is 0 Å². The highest BCUT2D eigenvalue weighted by atomic mass is 32.2. The average molecular weight is 216 g/mol. The lowest BCUT2D eigenvalue weighted by Crippen LogP contribution is -2.15. The van der Waals surface area contributed by atoms with Gasteiger partial charge >= 0.3 is 0 Å². The summed E-state index contributed by atoms with van der Waals surface area (Å²) in [6, 6.07) is 0. The van der Waals surface area contributed by atoms with Gasteiger partial charge in [0, 0.05) is 21.5 Å². The molecular formula is C11H20S2. The molecule has 2 fully saturated rings. The van der Waals surface area contributed by atoms with Crippen molar-refractivity contribution in [3.63, 3.8) is 0 Å². The van der Waals surface area contributed by atoms with Gasteiger partial charge in [-0.1, -0.05) is 19.8 Å². The Morgan fingerprint density at radius 2 is 2.15 bits per heavy atom. The zero-order chi connectivity index (χ0) is 9.31. The van der Waals surface area contributed by atoms with Crippen molar-refractivity contribution in [2.24, 2.45) is 5.92 Å². The summed E-state index contributed by atoms with van der Waals surface area (Å²) < 4.78 is 0.675. The molecule has 0 nitrogen and oxygen atoms in total. The standard InChI is InChI=1S/C11H20S2/c1-9(11(2)8-13-11)5-3-4-6-10-7-12-10/h9-10H,3-8H2,1-2H3. The first-order valence-electron chi connectivity index (χ1n) is 5.46. The van der Waals surface area contributed by atoms with Crippen LogP contribution < -0.4 is 0 Å². The first-order valence-corrected chi connectivity index (χ1v) is 7.50. The van der Waals surface area contributed by atoms with E-state index in [0.29, 0.717) is 4.75 Å². The van der Waals surface area contributed by atoms with E-state index in [1.165, 1.54) is 37.2 Å². The lowest BCUT2D eigenvalue weighted by molar-refractivity contribution is 0.440. The quantitative estimate of drug-likeness (QED) is 0.489. The van der Waals surface area contributed by atoms with Gasteiger partial charge in [-0.2, -0.15) is 23.5 Å². The summed E-state index contributed by atoms with van der Waals surface area (Å²) in [5.41, 5.74) is 0. The van der Waals surface area contributed by atoms with Crippen molar-refractivity contribution < 1.29 is 0 Å². The molecule has 76 valence electrons. The van der Waals surface area contributed by atoms with Gasteiger partial charge in [0.1, 0.15) is 0 Å². The summed E-state index contributed by atoms with van der Waals surface area (Å²) in [6.07, 6.45) is 5.89. The van der Waals surface area contributed by atoms with Crippen molar-refractivity contribution in [1.29, 1.82) is 0 Å². The molecule has 0 aromatic rings. The van der Waals surface area contributed by atoms with Crippen LogP contribution in [0.25, 0.3) is 0 Å². The Morgan fingerprint density at radius 1 is 1.46 bits per heavy atom. The molecule has 2 aliphatic rings. The summed E-state index contributed by atoms with van der Waals surface area (Å²) in [4.78, 5) is 0. The first-order chi connectivity index (χ1) is 6.21. The van der Waals surface area contributed by atoms with Crippen LogP contribution in [-0.4, -0.2) is 21.5 Å². The third-order valence-corrected chi connectivity index (χ3v) is 6.10. The third-order valence-electron chi connectivity index (χ3n) is 3.46. The highest BCUT2D eigenvalue weighted by molar-refractivity contribution is 8.07. The molecule has 0 amide bonds. The van der Waals surface area contributed by atoms with Crippen LogP contribution in [0.15, 0.2) is 0 Å². The predicted molar refractivity (Wildman–Crippen MR) is 64.7 cm³/mol. The molecule has 0 N–H and O–H groups in total. The SMILES string of the molecule is CC(CCCCC1CS1)C1(C)CS1. The van der Waals surface area contributed by atoms with Crippen molar-refractivity contribution in [2.75, 3.05) is 11.5 Å². The highest BCUT2D eigenvalue weighted by Crippen LogP contribution is 2.51. The molecule has 2 aliphatic heterocycles. The van der Waals surface area contributed by atoms with Crippen LogP contribution in [0.2, 0.25) is 0 Å². The molecule has 0 bridgehead atoms. The van der Waals surface area contributed by atoms with Crippen molar-refractivity contribution in [2.45, 2.75) is 49.5 Å². The van der Waals surface area contributed by atoms with Crippen LogP contribution >= 0.6 is 23.5 Å².